The number of ketones is 1. The van der Waals surface area contributed by atoms with Gasteiger partial charge in [-0.3, -0.25) is 10.1 Å². The number of carbonyl (C=O) groups is 3. The summed E-state index contributed by atoms with van der Waals surface area (Å²) >= 11 is 6.48. The standard InChI is InChI=1S/C24H31ClN4O5/c1-24(2,3)34-23(32)27-18(13-14-5-11-17(30)12-6-14)21-28-19(20(25)29-21)15-7-9-16(10-8-15)26-22(31)33-4/h7-10,14,18H,5-6,11-13H2,1-4H3,(H,26,31)(H,27,32)(H,28,29)/t18-/m0/s1. The minimum absolute atomic E-state index is 0.272. The second-order valence-corrected chi connectivity index (χ2v) is 9.77. The topological polar surface area (TPSA) is 122 Å². The Morgan fingerprint density at radius 1 is 1.18 bits per heavy atom. The van der Waals surface area contributed by atoms with E-state index in [2.05, 4.69) is 25.3 Å². The molecule has 1 fully saturated rings. The van der Waals surface area contributed by atoms with Crippen molar-refractivity contribution in [3.05, 3.63) is 35.2 Å². The molecule has 34 heavy (non-hydrogen) atoms. The fourth-order valence-electron chi connectivity index (χ4n) is 3.86. The van der Waals surface area contributed by atoms with Crippen LogP contribution in [0.25, 0.3) is 11.3 Å². The number of amides is 2. The predicted molar refractivity (Wildman–Crippen MR) is 129 cm³/mol. The molecule has 3 N–H and O–H groups in total. The first-order chi connectivity index (χ1) is 16.0. The summed E-state index contributed by atoms with van der Waals surface area (Å²) in [4.78, 5) is 43.4. The van der Waals surface area contributed by atoms with E-state index >= 15 is 0 Å². The maximum Gasteiger partial charge on any atom is 0.411 e. The molecular weight excluding hydrogens is 460 g/mol. The van der Waals surface area contributed by atoms with E-state index in [1.54, 1.807) is 45.0 Å². The number of hydrogen-bond donors (Lipinski definition) is 3. The van der Waals surface area contributed by atoms with Crippen molar-refractivity contribution in [2.24, 2.45) is 5.92 Å². The minimum atomic E-state index is -0.641. The first-order valence-electron chi connectivity index (χ1n) is 11.3. The number of Topliss-reactive ketones (excluding diaryl/α,β-unsaturated/α-hetero) is 1. The van der Waals surface area contributed by atoms with Gasteiger partial charge >= 0.3 is 12.2 Å². The molecule has 1 aromatic heterocycles. The number of aromatic amines is 1. The molecule has 10 heteroatoms. The van der Waals surface area contributed by atoms with Crippen LogP contribution in [0.5, 0.6) is 0 Å². The van der Waals surface area contributed by atoms with E-state index in [1.165, 1.54) is 7.11 Å². The molecule has 0 unspecified atom stereocenters. The SMILES string of the molecule is COC(=O)Nc1ccc(-c2nc([C@H](CC3CCC(=O)CC3)NC(=O)OC(C)(C)C)[nH]c2Cl)cc1. The lowest BCUT2D eigenvalue weighted by Gasteiger charge is -2.27. The summed E-state index contributed by atoms with van der Waals surface area (Å²) in [5, 5.41) is 5.84. The lowest BCUT2D eigenvalue weighted by Crippen LogP contribution is -2.36. The first-order valence-corrected chi connectivity index (χ1v) is 11.6. The van der Waals surface area contributed by atoms with Gasteiger partial charge < -0.3 is 19.8 Å². The Hall–Kier alpha value is -3.07. The number of rotatable bonds is 6. The van der Waals surface area contributed by atoms with Gasteiger partial charge in [-0.05, 0) is 58.1 Å². The number of anilines is 1. The number of imidazole rings is 1. The summed E-state index contributed by atoms with van der Waals surface area (Å²) in [6.07, 6.45) is 2.17. The Labute approximate surface area is 204 Å². The molecule has 2 amide bonds. The van der Waals surface area contributed by atoms with Crippen LogP contribution in [0.15, 0.2) is 24.3 Å². The number of alkyl carbamates (subject to hydrolysis) is 1. The summed E-state index contributed by atoms with van der Waals surface area (Å²) < 4.78 is 10.0. The highest BCUT2D eigenvalue weighted by atomic mass is 35.5. The molecule has 184 valence electrons. The van der Waals surface area contributed by atoms with Gasteiger partial charge in [0.05, 0.1) is 13.2 Å². The Bertz CT molecular complexity index is 1020. The van der Waals surface area contributed by atoms with Crippen molar-refractivity contribution < 1.29 is 23.9 Å². The number of carbonyl (C=O) groups excluding carboxylic acids is 3. The van der Waals surface area contributed by atoms with Gasteiger partial charge in [0.25, 0.3) is 0 Å². The van der Waals surface area contributed by atoms with Crippen LogP contribution >= 0.6 is 11.6 Å². The average Bonchev–Trinajstić information content (AvgIpc) is 3.15. The number of H-pyrrole nitrogens is 1. The number of aromatic nitrogens is 2. The van der Waals surface area contributed by atoms with Crippen molar-refractivity contribution in [3.63, 3.8) is 0 Å². The van der Waals surface area contributed by atoms with Crippen LogP contribution in [0.3, 0.4) is 0 Å². The number of nitrogens with one attached hydrogen (secondary N) is 3. The van der Waals surface area contributed by atoms with Crippen LogP contribution in [-0.4, -0.2) is 40.6 Å². The fourth-order valence-corrected chi connectivity index (χ4v) is 4.11. The highest BCUT2D eigenvalue weighted by Gasteiger charge is 2.28. The Morgan fingerprint density at radius 2 is 1.82 bits per heavy atom. The fraction of sp³-hybridized carbons (Fsp3) is 0.500. The number of methoxy groups -OCH3 is 1. The van der Waals surface area contributed by atoms with Gasteiger partial charge in [0.1, 0.15) is 28.1 Å². The zero-order valence-corrected chi connectivity index (χ0v) is 20.6. The number of halogens is 1. The second-order valence-electron chi connectivity index (χ2n) is 9.40. The molecule has 1 aliphatic carbocycles. The molecule has 1 atom stereocenters. The van der Waals surface area contributed by atoms with Crippen molar-refractivity contribution in [2.45, 2.75) is 64.5 Å². The monoisotopic (exact) mass is 490 g/mol. The van der Waals surface area contributed by atoms with E-state index in [0.29, 0.717) is 41.6 Å². The Morgan fingerprint density at radius 3 is 2.41 bits per heavy atom. The van der Waals surface area contributed by atoms with E-state index < -0.39 is 23.8 Å². The van der Waals surface area contributed by atoms with Gasteiger partial charge in [-0.2, -0.15) is 0 Å². The van der Waals surface area contributed by atoms with E-state index in [4.69, 9.17) is 16.3 Å². The van der Waals surface area contributed by atoms with E-state index in [9.17, 15) is 14.4 Å². The van der Waals surface area contributed by atoms with Gasteiger partial charge in [0.2, 0.25) is 0 Å². The zero-order chi connectivity index (χ0) is 24.9. The number of ether oxygens (including phenoxy) is 2. The largest absolute Gasteiger partial charge is 0.453 e. The summed E-state index contributed by atoms with van der Waals surface area (Å²) in [7, 11) is 1.29. The molecule has 0 bridgehead atoms. The number of benzene rings is 1. The van der Waals surface area contributed by atoms with Gasteiger partial charge in [-0.15, -0.1) is 0 Å². The molecule has 1 aliphatic rings. The highest BCUT2D eigenvalue weighted by molar-refractivity contribution is 6.31. The molecule has 0 aliphatic heterocycles. The lowest BCUT2D eigenvalue weighted by atomic mass is 9.84. The van der Waals surface area contributed by atoms with Gasteiger partial charge in [0, 0.05) is 24.1 Å². The van der Waals surface area contributed by atoms with Crippen LogP contribution < -0.4 is 10.6 Å². The van der Waals surface area contributed by atoms with Crippen molar-refractivity contribution >= 4 is 35.3 Å². The van der Waals surface area contributed by atoms with E-state index in [1.807, 2.05) is 0 Å². The molecule has 0 saturated heterocycles. The van der Waals surface area contributed by atoms with Gasteiger partial charge in [0.15, 0.2) is 0 Å². The molecule has 1 heterocycles. The zero-order valence-electron chi connectivity index (χ0n) is 19.9. The summed E-state index contributed by atoms with van der Waals surface area (Å²) in [6, 6.07) is 6.53. The van der Waals surface area contributed by atoms with Gasteiger partial charge in [-0.1, -0.05) is 23.7 Å². The highest BCUT2D eigenvalue weighted by Crippen LogP contribution is 2.33. The number of hydrogen-bond acceptors (Lipinski definition) is 6. The Balaban J connectivity index is 1.81. The normalized spacial score (nSPS) is 15.5. The molecule has 1 saturated carbocycles. The minimum Gasteiger partial charge on any atom is -0.453 e. The van der Waals surface area contributed by atoms with Crippen LogP contribution in [0.2, 0.25) is 5.15 Å². The van der Waals surface area contributed by atoms with Crippen molar-refractivity contribution in [2.75, 3.05) is 12.4 Å². The summed E-state index contributed by atoms with van der Waals surface area (Å²) in [6.45, 7) is 5.40. The van der Waals surface area contributed by atoms with Crippen molar-refractivity contribution in [3.8, 4) is 11.3 Å². The maximum absolute atomic E-state index is 12.5. The predicted octanol–water partition coefficient (Wildman–Crippen LogP) is 5.62. The lowest BCUT2D eigenvalue weighted by molar-refractivity contribution is -0.121. The third kappa shape index (κ3) is 7.21. The molecular formula is C24H31ClN4O5. The molecule has 0 spiro atoms. The second kappa shape index (κ2) is 10.9. The molecule has 2 aromatic rings. The van der Waals surface area contributed by atoms with Gasteiger partial charge in [-0.25, -0.2) is 14.6 Å². The number of nitrogens with zero attached hydrogens (tertiary/aromatic N) is 1. The maximum atomic E-state index is 12.5. The Kier molecular flexibility index (Phi) is 8.19. The smallest absolute Gasteiger partial charge is 0.411 e. The van der Waals surface area contributed by atoms with Crippen molar-refractivity contribution in [1.82, 2.24) is 15.3 Å². The van der Waals surface area contributed by atoms with Crippen LogP contribution in [0.4, 0.5) is 15.3 Å². The molecule has 9 nitrogen and oxygen atoms in total. The van der Waals surface area contributed by atoms with E-state index in [-0.39, 0.29) is 11.7 Å². The molecule has 0 radical (unpaired) electrons. The van der Waals surface area contributed by atoms with Crippen LogP contribution in [-0.2, 0) is 14.3 Å². The van der Waals surface area contributed by atoms with E-state index in [0.717, 1.165) is 18.4 Å². The first kappa shape index (κ1) is 25.6. The summed E-state index contributed by atoms with van der Waals surface area (Å²) in [5.41, 5.74) is 1.19. The van der Waals surface area contributed by atoms with Crippen LogP contribution in [0, 0.1) is 5.92 Å². The third-order valence-electron chi connectivity index (χ3n) is 5.52. The molecule has 3 rings (SSSR count). The van der Waals surface area contributed by atoms with Crippen molar-refractivity contribution in [1.29, 1.82) is 0 Å². The average molecular weight is 491 g/mol. The third-order valence-corrected chi connectivity index (χ3v) is 5.79. The summed E-state index contributed by atoms with van der Waals surface area (Å²) in [5.74, 6) is 1.06. The molecule has 1 aromatic carbocycles. The van der Waals surface area contributed by atoms with Crippen LogP contribution in [0.1, 0.15) is 64.7 Å². The quantitative estimate of drug-likeness (QED) is 0.482.